The van der Waals surface area contributed by atoms with E-state index in [2.05, 4.69) is 6.92 Å². The van der Waals surface area contributed by atoms with Gasteiger partial charge in [-0.3, -0.25) is 4.79 Å². The molecule has 3 heterocycles. The van der Waals surface area contributed by atoms with Crippen LogP contribution >= 0.6 is 0 Å². The predicted molar refractivity (Wildman–Crippen MR) is 128 cm³/mol. The zero-order valence-electron chi connectivity index (χ0n) is 21.7. The molecule has 0 radical (unpaired) electrons. The van der Waals surface area contributed by atoms with Crippen LogP contribution in [0.3, 0.4) is 0 Å². The predicted octanol–water partition coefficient (Wildman–Crippen LogP) is 0.995. The lowest BCUT2D eigenvalue weighted by Gasteiger charge is -2.62. The van der Waals surface area contributed by atoms with Crippen molar-refractivity contribution in [2.24, 2.45) is 22.7 Å². The van der Waals surface area contributed by atoms with Crippen LogP contribution in [0.4, 0.5) is 0 Å². The van der Waals surface area contributed by atoms with Crippen LogP contribution in [0.1, 0.15) is 51.2 Å². The average Bonchev–Trinajstić information content (AvgIpc) is 3.44. The molecule has 11 heteroatoms. The molecule has 11 nitrogen and oxygen atoms in total. The fraction of sp³-hybridized carbons (Fsp3) is 0.704. The lowest BCUT2D eigenvalue weighted by atomic mass is 9.44. The quantitative estimate of drug-likeness (QED) is 0.397. The maximum atomic E-state index is 13.5. The molecule has 0 spiro atoms. The van der Waals surface area contributed by atoms with Crippen LogP contribution < -0.4 is 0 Å². The average molecular weight is 537 g/mol. The maximum absolute atomic E-state index is 13.5. The Balaban J connectivity index is 1.54. The summed E-state index contributed by atoms with van der Waals surface area (Å²) in [4.78, 5) is 26.5. The minimum absolute atomic E-state index is 0.157. The van der Waals surface area contributed by atoms with Crippen molar-refractivity contribution in [2.75, 3.05) is 13.7 Å². The number of cyclic esters (lactones) is 1. The van der Waals surface area contributed by atoms with E-state index >= 15 is 0 Å². The number of hydrogen-bond donors (Lipinski definition) is 4. The Hall–Kier alpha value is -2.28. The van der Waals surface area contributed by atoms with Crippen LogP contribution in [0.2, 0.25) is 0 Å². The Labute approximate surface area is 220 Å². The minimum Gasteiger partial charge on any atom is -0.472 e. The molecule has 2 aliphatic carbocycles. The first-order valence-corrected chi connectivity index (χ1v) is 13.0. The third-order valence-corrected chi connectivity index (χ3v) is 9.45. The number of carbonyl (C=O) groups is 2. The van der Waals surface area contributed by atoms with E-state index < -0.39 is 72.2 Å². The molecule has 1 aromatic heterocycles. The second-order valence-corrected chi connectivity index (χ2v) is 11.3. The molecule has 1 aromatic rings. The summed E-state index contributed by atoms with van der Waals surface area (Å²) in [6.07, 6.45) is -1.81. The summed E-state index contributed by atoms with van der Waals surface area (Å²) in [6.45, 7) is 3.35. The van der Waals surface area contributed by atoms with E-state index in [1.807, 2.05) is 13.0 Å². The molecule has 210 valence electrons. The van der Waals surface area contributed by atoms with E-state index in [9.17, 15) is 30.0 Å². The molecule has 0 bridgehead atoms. The number of methoxy groups -OCH3 is 1. The van der Waals surface area contributed by atoms with Gasteiger partial charge >= 0.3 is 11.9 Å². The fourth-order valence-corrected chi connectivity index (χ4v) is 7.39. The third kappa shape index (κ3) is 4.11. The molecule has 2 aliphatic heterocycles. The van der Waals surface area contributed by atoms with Crippen LogP contribution in [0, 0.1) is 22.7 Å². The van der Waals surface area contributed by atoms with Gasteiger partial charge < -0.3 is 43.8 Å². The highest BCUT2D eigenvalue weighted by Crippen LogP contribution is 2.65. The van der Waals surface area contributed by atoms with Crippen molar-refractivity contribution < 1.29 is 53.4 Å². The molecule has 4 aliphatic rings. The maximum Gasteiger partial charge on any atom is 0.334 e. The van der Waals surface area contributed by atoms with E-state index in [1.54, 1.807) is 12.3 Å². The van der Waals surface area contributed by atoms with Gasteiger partial charge in [-0.25, -0.2) is 4.79 Å². The summed E-state index contributed by atoms with van der Waals surface area (Å²) in [5.41, 5.74) is -0.341. The molecule has 1 saturated carbocycles. The van der Waals surface area contributed by atoms with E-state index in [4.69, 9.17) is 23.4 Å². The number of ether oxygens (including phenoxy) is 4. The lowest BCUT2D eigenvalue weighted by Crippen LogP contribution is -2.65. The van der Waals surface area contributed by atoms with E-state index in [-0.39, 0.29) is 18.3 Å². The standard InChI is InChI=1S/C27H36O11/c1-26-10-16(13-7-8-35-12-13)36-24(33)15(26)9-19(27(2)14(23(32)34-3)5-4-6-18(26)27)38-25-22(31)21(30)20(29)17(11-28)37-25/h5,7-8,12,15-22,25,28-31H,4,6,9-11H2,1-3H3/t15-,16-,17+,18+,19-,20+,21-,22+,25-,26+,27-/m0/s1. The van der Waals surface area contributed by atoms with Gasteiger partial charge in [0.25, 0.3) is 0 Å². The molecule has 0 amide bonds. The highest BCUT2D eigenvalue weighted by molar-refractivity contribution is 5.90. The molecule has 2 saturated heterocycles. The Morgan fingerprint density at radius 1 is 1.18 bits per heavy atom. The number of hydrogen-bond acceptors (Lipinski definition) is 11. The summed E-state index contributed by atoms with van der Waals surface area (Å²) < 4.78 is 28.2. The summed E-state index contributed by atoms with van der Waals surface area (Å²) in [7, 11) is 1.31. The van der Waals surface area contributed by atoms with Crippen LogP contribution in [0.25, 0.3) is 0 Å². The minimum atomic E-state index is -1.62. The van der Waals surface area contributed by atoms with Gasteiger partial charge in [-0.2, -0.15) is 0 Å². The van der Waals surface area contributed by atoms with Crippen molar-refractivity contribution in [1.82, 2.24) is 0 Å². The van der Waals surface area contributed by atoms with Gasteiger partial charge in [0.05, 0.1) is 38.3 Å². The molecule has 0 aromatic carbocycles. The van der Waals surface area contributed by atoms with Crippen molar-refractivity contribution in [2.45, 2.75) is 82.4 Å². The van der Waals surface area contributed by atoms with Gasteiger partial charge in [0.1, 0.15) is 30.5 Å². The molecule has 11 atom stereocenters. The second-order valence-electron chi connectivity index (χ2n) is 11.3. The largest absolute Gasteiger partial charge is 0.472 e. The summed E-state index contributed by atoms with van der Waals surface area (Å²) in [5, 5.41) is 40.8. The highest BCUT2D eigenvalue weighted by atomic mass is 16.7. The van der Waals surface area contributed by atoms with Crippen molar-refractivity contribution in [3.63, 3.8) is 0 Å². The number of carbonyl (C=O) groups excluding carboxylic acids is 2. The SMILES string of the molecule is COC(=O)C1=CCC[C@@H]2[C@]3(C)C[C@@H](c4ccoc4)OC(=O)[C@@H]3C[C@H](O[C@@H]3O[C@H](CO)[C@@H](O)[C@H](O)[C@H]3O)[C@@]12C. The third-order valence-electron chi connectivity index (χ3n) is 9.45. The number of rotatable bonds is 5. The van der Waals surface area contributed by atoms with Crippen molar-refractivity contribution in [1.29, 1.82) is 0 Å². The second kappa shape index (κ2) is 10.0. The number of aliphatic hydroxyl groups is 4. The van der Waals surface area contributed by atoms with E-state index in [1.165, 1.54) is 13.4 Å². The molecule has 3 fully saturated rings. The monoisotopic (exact) mass is 536 g/mol. The van der Waals surface area contributed by atoms with Crippen LogP contribution in [0.15, 0.2) is 34.7 Å². The number of allylic oxidation sites excluding steroid dienone is 1. The highest BCUT2D eigenvalue weighted by Gasteiger charge is 2.66. The van der Waals surface area contributed by atoms with E-state index in [0.717, 1.165) is 5.56 Å². The molecule has 4 N–H and O–H groups in total. The summed E-state index contributed by atoms with van der Waals surface area (Å²) >= 11 is 0. The van der Waals surface area contributed by atoms with Gasteiger partial charge in [-0.1, -0.05) is 19.9 Å². The zero-order valence-corrected chi connectivity index (χ0v) is 21.7. The van der Waals surface area contributed by atoms with Crippen molar-refractivity contribution >= 4 is 11.9 Å². The summed E-state index contributed by atoms with van der Waals surface area (Å²) in [5.74, 6) is -1.68. The fourth-order valence-electron chi connectivity index (χ4n) is 7.39. The topological polar surface area (TPSA) is 165 Å². The first kappa shape index (κ1) is 27.3. The smallest absolute Gasteiger partial charge is 0.334 e. The normalized spacial score (nSPS) is 44.9. The lowest BCUT2D eigenvalue weighted by molar-refractivity contribution is -0.329. The molecular formula is C27H36O11. The Morgan fingerprint density at radius 3 is 2.61 bits per heavy atom. The van der Waals surface area contributed by atoms with Gasteiger partial charge in [0.15, 0.2) is 6.29 Å². The van der Waals surface area contributed by atoms with Gasteiger partial charge in [-0.15, -0.1) is 0 Å². The van der Waals surface area contributed by atoms with E-state index in [0.29, 0.717) is 24.8 Å². The van der Waals surface area contributed by atoms with Crippen LogP contribution in [-0.2, 0) is 28.5 Å². The summed E-state index contributed by atoms with van der Waals surface area (Å²) in [6, 6.07) is 1.77. The Kier molecular flexibility index (Phi) is 7.21. The van der Waals surface area contributed by atoms with Crippen molar-refractivity contribution in [3.05, 3.63) is 35.8 Å². The van der Waals surface area contributed by atoms with Gasteiger partial charge in [-0.05, 0) is 43.1 Å². The molecule has 0 unspecified atom stereocenters. The number of furan rings is 1. The van der Waals surface area contributed by atoms with Gasteiger partial charge in [0.2, 0.25) is 0 Å². The van der Waals surface area contributed by atoms with Crippen LogP contribution in [0.5, 0.6) is 0 Å². The Bertz CT molecular complexity index is 1070. The molecular weight excluding hydrogens is 500 g/mol. The van der Waals surface area contributed by atoms with Crippen molar-refractivity contribution in [3.8, 4) is 0 Å². The molecule has 38 heavy (non-hydrogen) atoms. The first-order valence-electron chi connectivity index (χ1n) is 13.0. The first-order chi connectivity index (χ1) is 18.1. The number of fused-ring (bicyclic) bond motifs is 3. The Morgan fingerprint density at radius 2 is 1.95 bits per heavy atom. The zero-order chi connectivity index (χ0) is 27.4. The number of aliphatic hydroxyl groups excluding tert-OH is 4. The van der Waals surface area contributed by atoms with Crippen LogP contribution in [-0.4, -0.2) is 82.9 Å². The molecule has 5 rings (SSSR count). The number of esters is 2. The van der Waals surface area contributed by atoms with Gasteiger partial charge in [0, 0.05) is 16.6 Å².